The molecule has 1 saturated heterocycles. The molecule has 2 unspecified atom stereocenters. The van der Waals surface area contributed by atoms with Gasteiger partial charge in [-0.3, -0.25) is 10.1 Å². The van der Waals surface area contributed by atoms with Crippen molar-refractivity contribution in [3.05, 3.63) is 22.4 Å². The number of carbonyl (C=O) groups is 1. The van der Waals surface area contributed by atoms with Gasteiger partial charge >= 0.3 is 0 Å². The summed E-state index contributed by atoms with van der Waals surface area (Å²) in [5.41, 5.74) is 1.06. The van der Waals surface area contributed by atoms with Crippen molar-refractivity contribution < 1.29 is 4.79 Å². The summed E-state index contributed by atoms with van der Waals surface area (Å²) in [6.45, 7) is 2.23. The first-order valence-corrected chi connectivity index (χ1v) is 8.80. The lowest BCUT2D eigenvalue weighted by atomic mass is 10.0. The minimum atomic E-state index is -0.205. The summed E-state index contributed by atoms with van der Waals surface area (Å²) in [6, 6.07) is 2.57. The van der Waals surface area contributed by atoms with E-state index in [0.29, 0.717) is 11.9 Å². The van der Waals surface area contributed by atoms with Gasteiger partial charge in [-0.25, -0.2) is 0 Å². The number of hydrogen-bond donors (Lipinski definition) is 1. The molecule has 1 N–H and O–H groups in total. The fraction of sp³-hybridized carbons (Fsp3) is 0.688. The Morgan fingerprint density at radius 2 is 2.30 bits per heavy atom. The van der Waals surface area contributed by atoms with Crippen molar-refractivity contribution in [2.75, 3.05) is 0 Å². The lowest BCUT2D eigenvalue weighted by Gasteiger charge is -2.32. The van der Waals surface area contributed by atoms with Crippen LogP contribution in [0.4, 0.5) is 0 Å². The zero-order valence-electron chi connectivity index (χ0n) is 12.0. The van der Waals surface area contributed by atoms with Gasteiger partial charge in [-0.05, 0) is 54.0 Å². The molecule has 4 rings (SSSR count). The Balaban J connectivity index is 1.63. The highest BCUT2D eigenvalue weighted by atomic mass is 32.1. The van der Waals surface area contributed by atoms with E-state index in [1.165, 1.54) is 24.8 Å². The van der Waals surface area contributed by atoms with Crippen LogP contribution in [0.15, 0.2) is 16.8 Å². The van der Waals surface area contributed by atoms with Gasteiger partial charge < -0.3 is 4.90 Å². The molecule has 2 atom stereocenters. The van der Waals surface area contributed by atoms with Crippen LogP contribution in [0.2, 0.25) is 0 Å². The Bertz CT molecular complexity index is 505. The number of rotatable bonds is 5. The average Bonchev–Trinajstić information content (AvgIpc) is 3.34. The number of hydrogen-bond acceptors (Lipinski definition) is 3. The fourth-order valence-corrected chi connectivity index (χ4v) is 4.19. The van der Waals surface area contributed by atoms with Crippen LogP contribution in [0.5, 0.6) is 0 Å². The molecule has 1 aromatic rings. The molecule has 0 radical (unpaired) electrons. The molecule has 0 bridgehead atoms. The van der Waals surface area contributed by atoms with Crippen LogP contribution >= 0.6 is 11.3 Å². The first kappa shape index (κ1) is 12.8. The molecule has 108 valence electrons. The summed E-state index contributed by atoms with van der Waals surface area (Å²) in [7, 11) is 0. The van der Waals surface area contributed by atoms with Crippen molar-refractivity contribution in [2.24, 2.45) is 5.92 Å². The summed E-state index contributed by atoms with van der Waals surface area (Å²) in [5.74, 6) is 1.23. The van der Waals surface area contributed by atoms with Gasteiger partial charge in [0.05, 0.1) is 0 Å². The topological polar surface area (TPSA) is 32.3 Å². The van der Waals surface area contributed by atoms with Gasteiger partial charge in [-0.15, -0.1) is 0 Å². The van der Waals surface area contributed by atoms with Gasteiger partial charge in [0.1, 0.15) is 11.7 Å². The zero-order chi connectivity index (χ0) is 13.7. The third-order valence-corrected chi connectivity index (χ3v) is 5.81. The van der Waals surface area contributed by atoms with E-state index in [1.54, 1.807) is 11.3 Å². The van der Waals surface area contributed by atoms with Gasteiger partial charge in [-0.2, -0.15) is 11.3 Å². The minimum Gasteiger partial charge on any atom is -0.318 e. The predicted octanol–water partition coefficient (Wildman–Crippen LogP) is 3.29. The molecule has 3 nitrogen and oxygen atoms in total. The molecule has 1 aromatic heterocycles. The summed E-state index contributed by atoms with van der Waals surface area (Å²) >= 11 is 1.72. The summed E-state index contributed by atoms with van der Waals surface area (Å²) in [6.07, 6.45) is 7.13. The maximum absolute atomic E-state index is 12.9. The first-order valence-electron chi connectivity index (χ1n) is 7.86. The first-order chi connectivity index (χ1) is 9.73. The molecule has 2 aliphatic carbocycles. The maximum atomic E-state index is 12.9. The van der Waals surface area contributed by atoms with Gasteiger partial charge in [-0.1, -0.05) is 19.8 Å². The Kier molecular flexibility index (Phi) is 2.93. The Hall–Kier alpha value is -0.870. The minimum absolute atomic E-state index is 0.111. The Morgan fingerprint density at radius 1 is 1.50 bits per heavy atom. The van der Waals surface area contributed by atoms with E-state index in [1.807, 2.05) is 0 Å². The molecule has 20 heavy (non-hydrogen) atoms. The standard InChI is InChI=1S/C16H22N2OS/c1-2-13(9-11-3-4-11)18-14(12-5-8-20-10-12)17-16(6-7-16)15(18)19/h5,8,10-11,13-14,17H,2-4,6-7,9H2,1H3. The van der Waals surface area contributed by atoms with Crippen LogP contribution in [-0.4, -0.2) is 22.4 Å². The van der Waals surface area contributed by atoms with E-state index in [9.17, 15) is 4.79 Å². The fourth-order valence-electron chi connectivity index (χ4n) is 3.51. The van der Waals surface area contributed by atoms with E-state index in [4.69, 9.17) is 0 Å². The normalized spacial score (nSPS) is 29.1. The van der Waals surface area contributed by atoms with E-state index in [2.05, 4.69) is 34.0 Å². The van der Waals surface area contributed by atoms with Crippen molar-refractivity contribution >= 4 is 17.2 Å². The molecule has 2 saturated carbocycles. The van der Waals surface area contributed by atoms with E-state index >= 15 is 0 Å². The molecule has 1 amide bonds. The van der Waals surface area contributed by atoms with Crippen molar-refractivity contribution in [3.63, 3.8) is 0 Å². The summed E-state index contributed by atoms with van der Waals surface area (Å²) in [5, 5.41) is 7.93. The van der Waals surface area contributed by atoms with Crippen LogP contribution < -0.4 is 5.32 Å². The van der Waals surface area contributed by atoms with Crippen LogP contribution in [0.25, 0.3) is 0 Å². The van der Waals surface area contributed by atoms with Crippen LogP contribution in [-0.2, 0) is 4.79 Å². The average molecular weight is 290 g/mol. The van der Waals surface area contributed by atoms with Gasteiger partial charge in [0, 0.05) is 6.04 Å². The molecule has 1 aliphatic heterocycles. The van der Waals surface area contributed by atoms with E-state index < -0.39 is 0 Å². The second-order valence-corrected chi connectivity index (χ2v) is 7.42. The van der Waals surface area contributed by atoms with Crippen LogP contribution in [0.3, 0.4) is 0 Å². The van der Waals surface area contributed by atoms with Crippen molar-refractivity contribution in [3.8, 4) is 0 Å². The highest BCUT2D eigenvalue weighted by Gasteiger charge is 2.60. The van der Waals surface area contributed by atoms with Crippen molar-refractivity contribution in [1.82, 2.24) is 10.2 Å². The third-order valence-electron chi connectivity index (χ3n) is 5.11. The number of thiophene rings is 1. The molecule has 2 heterocycles. The van der Waals surface area contributed by atoms with Gasteiger partial charge in [0.15, 0.2) is 0 Å². The maximum Gasteiger partial charge on any atom is 0.244 e. The molecule has 1 spiro atoms. The van der Waals surface area contributed by atoms with Crippen LogP contribution in [0.1, 0.15) is 57.2 Å². The van der Waals surface area contributed by atoms with Gasteiger partial charge in [0.25, 0.3) is 0 Å². The Labute approximate surface area is 124 Å². The molecular weight excluding hydrogens is 268 g/mol. The molecule has 3 fully saturated rings. The largest absolute Gasteiger partial charge is 0.318 e. The molecule has 3 aliphatic rings. The van der Waals surface area contributed by atoms with Crippen LogP contribution in [0, 0.1) is 5.92 Å². The highest BCUT2D eigenvalue weighted by Crippen LogP contribution is 2.48. The number of amides is 1. The highest BCUT2D eigenvalue weighted by molar-refractivity contribution is 7.08. The molecule has 4 heteroatoms. The quantitative estimate of drug-likeness (QED) is 0.902. The van der Waals surface area contributed by atoms with E-state index in [0.717, 1.165) is 25.2 Å². The lowest BCUT2D eigenvalue weighted by Crippen LogP contribution is -2.40. The molecule has 0 aromatic carbocycles. The SMILES string of the molecule is CCC(CC1CC1)N1C(=O)C2(CC2)NC1c1ccsc1. The lowest BCUT2D eigenvalue weighted by molar-refractivity contribution is -0.133. The molecular formula is C16H22N2OS. The summed E-state index contributed by atoms with van der Waals surface area (Å²) < 4.78 is 0. The number of carbonyl (C=O) groups excluding carboxylic acids is 1. The second-order valence-electron chi connectivity index (χ2n) is 6.64. The Morgan fingerprint density at radius 3 is 2.85 bits per heavy atom. The monoisotopic (exact) mass is 290 g/mol. The third kappa shape index (κ3) is 2.01. The summed E-state index contributed by atoms with van der Waals surface area (Å²) in [4.78, 5) is 15.1. The van der Waals surface area contributed by atoms with Gasteiger partial charge in [0.2, 0.25) is 5.91 Å². The predicted molar refractivity (Wildman–Crippen MR) is 80.4 cm³/mol. The smallest absolute Gasteiger partial charge is 0.244 e. The van der Waals surface area contributed by atoms with Crippen molar-refractivity contribution in [1.29, 1.82) is 0 Å². The number of nitrogens with zero attached hydrogens (tertiary/aromatic N) is 1. The van der Waals surface area contributed by atoms with Crippen molar-refractivity contribution in [2.45, 2.75) is 63.2 Å². The second kappa shape index (κ2) is 4.57. The number of nitrogens with one attached hydrogen (secondary N) is 1. The van der Waals surface area contributed by atoms with E-state index in [-0.39, 0.29) is 11.7 Å². The zero-order valence-corrected chi connectivity index (χ0v) is 12.8.